The lowest BCUT2D eigenvalue weighted by Crippen LogP contribution is -2.15. The zero-order valence-electron chi connectivity index (χ0n) is 11.4. The molecule has 0 heterocycles. The molecule has 2 aromatic rings. The Kier molecular flexibility index (Phi) is 4.35. The molecule has 0 saturated heterocycles. The van der Waals surface area contributed by atoms with Gasteiger partial charge in [0, 0.05) is 5.88 Å². The summed E-state index contributed by atoms with van der Waals surface area (Å²) in [6, 6.07) is 12.3. The number of nitrogens with one attached hydrogen (secondary N) is 1. The van der Waals surface area contributed by atoms with Gasteiger partial charge in [-0.1, -0.05) is 35.9 Å². The molecule has 106 valence electrons. The number of hydrogen-bond donors (Lipinski definition) is 1. The van der Waals surface area contributed by atoms with Gasteiger partial charge in [0.15, 0.2) is 0 Å². The molecular formula is C15H16ClNO2S. The third kappa shape index (κ3) is 3.14. The minimum absolute atomic E-state index is 0.242. The SMILES string of the molecule is Cc1ccc(S(=O)(=O)Nc2c(C)cccc2CCl)cc1. The summed E-state index contributed by atoms with van der Waals surface area (Å²) in [5.41, 5.74) is 3.19. The first-order valence-corrected chi connectivity index (χ1v) is 8.20. The lowest BCUT2D eigenvalue weighted by molar-refractivity contribution is 0.601. The molecule has 0 aliphatic heterocycles. The zero-order chi connectivity index (χ0) is 14.8. The van der Waals surface area contributed by atoms with Crippen LogP contribution in [0.2, 0.25) is 0 Å². The van der Waals surface area contributed by atoms with Crippen LogP contribution in [0.1, 0.15) is 16.7 Å². The topological polar surface area (TPSA) is 46.2 Å². The summed E-state index contributed by atoms with van der Waals surface area (Å²) in [4.78, 5) is 0.242. The molecule has 0 unspecified atom stereocenters. The van der Waals surface area contributed by atoms with E-state index in [-0.39, 0.29) is 10.8 Å². The molecule has 0 bridgehead atoms. The predicted molar refractivity (Wildman–Crippen MR) is 82.7 cm³/mol. The third-order valence-electron chi connectivity index (χ3n) is 3.07. The summed E-state index contributed by atoms with van der Waals surface area (Å²) in [6.07, 6.45) is 0. The van der Waals surface area contributed by atoms with E-state index in [1.165, 1.54) is 0 Å². The highest BCUT2D eigenvalue weighted by atomic mass is 35.5. The van der Waals surface area contributed by atoms with Gasteiger partial charge in [-0.3, -0.25) is 4.72 Å². The lowest BCUT2D eigenvalue weighted by atomic mass is 10.1. The Bertz CT molecular complexity index is 709. The number of aryl methyl sites for hydroxylation is 2. The molecule has 0 aliphatic carbocycles. The molecule has 5 heteroatoms. The summed E-state index contributed by atoms with van der Waals surface area (Å²) < 4.78 is 27.4. The van der Waals surface area contributed by atoms with Crippen LogP contribution in [0.5, 0.6) is 0 Å². The second-order valence-electron chi connectivity index (χ2n) is 4.66. The molecule has 0 aliphatic rings. The Morgan fingerprint density at radius 1 is 1.05 bits per heavy atom. The summed E-state index contributed by atoms with van der Waals surface area (Å²) in [5, 5.41) is 0. The summed E-state index contributed by atoms with van der Waals surface area (Å²) >= 11 is 5.86. The van der Waals surface area contributed by atoms with Crippen LogP contribution in [-0.4, -0.2) is 8.42 Å². The Balaban J connectivity index is 2.41. The van der Waals surface area contributed by atoms with Crippen LogP contribution in [0.15, 0.2) is 47.4 Å². The second kappa shape index (κ2) is 5.85. The van der Waals surface area contributed by atoms with E-state index in [4.69, 9.17) is 11.6 Å². The Hall–Kier alpha value is -1.52. The van der Waals surface area contributed by atoms with Crippen molar-refractivity contribution in [1.82, 2.24) is 0 Å². The first kappa shape index (κ1) is 14.9. The summed E-state index contributed by atoms with van der Waals surface area (Å²) in [7, 11) is -3.59. The number of para-hydroxylation sites is 1. The largest absolute Gasteiger partial charge is 0.279 e. The van der Waals surface area contributed by atoms with Gasteiger partial charge in [0.2, 0.25) is 0 Å². The number of alkyl halides is 1. The quantitative estimate of drug-likeness (QED) is 0.872. The van der Waals surface area contributed by atoms with Crippen LogP contribution in [0, 0.1) is 13.8 Å². The Morgan fingerprint density at radius 2 is 1.70 bits per heavy atom. The average Bonchev–Trinajstić information content (AvgIpc) is 2.41. The van der Waals surface area contributed by atoms with E-state index in [9.17, 15) is 8.42 Å². The fourth-order valence-corrected chi connectivity index (χ4v) is 3.29. The van der Waals surface area contributed by atoms with Gasteiger partial charge in [0.25, 0.3) is 10.0 Å². The van der Waals surface area contributed by atoms with Gasteiger partial charge in [-0.2, -0.15) is 0 Å². The molecule has 0 saturated carbocycles. The first-order chi connectivity index (χ1) is 9.44. The van der Waals surface area contributed by atoms with Gasteiger partial charge >= 0.3 is 0 Å². The highest BCUT2D eigenvalue weighted by Gasteiger charge is 2.16. The van der Waals surface area contributed by atoms with Gasteiger partial charge < -0.3 is 0 Å². The van der Waals surface area contributed by atoms with Crippen LogP contribution in [0.25, 0.3) is 0 Å². The normalized spacial score (nSPS) is 11.3. The molecule has 3 nitrogen and oxygen atoms in total. The number of benzene rings is 2. The minimum Gasteiger partial charge on any atom is -0.279 e. The van der Waals surface area contributed by atoms with Crippen molar-refractivity contribution < 1.29 is 8.42 Å². The smallest absolute Gasteiger partial charge is 0.261 e. The van der Waals surface area contributed by atoms with Crippen LogP contribution < -0.4 is 4.72 Å². The molecule has 0 atom stereocenters. The van der Waals surface area contributed by atoms with Gasteiger partial charge in [-0.15, -0.1) is 11.6 Å². The van der Waals surface area contributed by atoms with Gasteiger partial charge in [0.05, 0.1) is 10.6 Å². The maximum absolute atomic E-state index is 12.4. The van der Waals surface area contributed by atoms with E-state index in [2.05, 4.69) is 4.72 Å². The van der Waals surface area contributed by atoms with Crippen LogP contribution >= 0.6 is 11.6 Å². The van der Waals surface area contributed by atoms with Crippen molar-refractivity contribution in [1.29, 1.82) is 0 Å². The number of sulfonamides is 1. The predicted octanol–water partition coefficient (Wildman–Crippen LogP) is 3.84. The molecule has 0 spiro atoms. The first-order valence-electron chi connectivity index (χ1n) is 6.18. The Morgan fingerprint density at radius 3 is 2.30 bits per heavy atom. The van der Waals surface area contributed by atoms with Crippen LogP contribution in [-0.2, 0) is 15.9 Å². The fourth-order valence-electron chi connectivity index (χ4n) is 1.90. The molecule has 2 aromatic carbocycles. The average molecular weight is 310 g/mol. The minimum atomic E-state index is -3.59. The molecule has 0 fully saturated rings. The second-order valence-corrected chi connectivity index (χ2v) is 6.61. The Labute approximate surface area is 124 Å². The monoisotopic (exact) mass is 309 g/mol. The zero-order valence-corrected chi connectivity index (χ0v) is 12.9. The van der Waals surface area contributed by atoms with Crippen LogP contribution in [0.3, 0.4) is 0 Å². The number of hydrogen-bond acceptors (Lipinski definition) is 2. The van der Waals surface area contributed by atoms with E-state index in [1.807, 2.05) is 32.0 Å². The maximum atomic E-state index is 12.4. The molecule has 2 rings (SSSR count). The highest BCUT2D eigenvalue weighted by Crippen LogP contribution is 2.25. The van der Waals surface area contributed by atoms with Crippen molar-refractivity contribution >= 4 is 27.3 Å². The molecule has 0 radical (unpaired) electrons. The molecule has 1 N–H and O–H groups in total. The van der Waals surface area contributed by atoms with Crippen molar-refractivity contribution in [2.75, 3.05) is 4.72 Å². The number of halogens is 1. The van der Waals surface area contributed by atoms with E-state index >= 15 is 0 Å². The van der Waals surface area contributed by atoms with Crippen molar-refractivity contribution in [3.05, 3.63) is 59.2 Å². The number of rotatable bonds is 4. The van der Waals surface area contributed by atoms with Crippen molar-refractivity contribution in [2.24, 2.45) is 0 Å². The highest BCUT2D eigenvalue weighted by molar-refractivity contribution is 7.92. The van der Waals surface area contributed by atoms with E-state index in [1.54, 1.807) is 24.3 Å². The standard InChI is InChI=1S/C15H16ClNO2S/c1-11-6-8-14(9-7-11)20(18,19)17-15-12(2)4-3-5-13(15)10-16/h3-9,17H,10H2,1-2H3. The van der Waals surface area contributed by atoms with E-state index in [0.29, 0.717) is 5.69 Å². The molecule has 0 amide bonds. The maximum Gasteiger partial charge on any atom is 0.261 e. The van der Waals surface area contributed by atoms with Gasteiger partial charge in [-0.05, 0) is 37.1 Å². The fraction of sp³-hybridized carbons (Fsp3) is 0.200. The summed E-state index contributed by atoms with van der Waals surface area (Å²) in [5.74, 6) is 0.257. The van der Waals surface area contributed by atoms with Crippen molar-refractivity contribution in [2.45, 2.75) is 24.6 Å². The third-order valence-corrected chi connectivity index (χ3v) is 4.72. The van der Waals surface area contributed by atoms with E-state index < -0.39 is 10.0 Å². The summed E-state index contributed by atoms with van der Waals surface area (Å²) in [6.45, 7) is 3.76. The van der Waals surface area contributed by atoms with Crippen LogP contribution in [0.4, 0.5) is 5.69 Å². The number of anilines is 1. The van der Waals surface area contributed by atoms with E-state index in [0.717, 1.165) is 16.7 Å². The molecule has 20 heavy (non-hydrogen) atoms. The molecular weight excluding hydrogens is 294 g/mol. The van der Waals surface area contributed by atoms with Gasteiger partial charge in [0.1, 0.15) is 0 Å². The lowest BCUT2D eigenvalue weighted by Gasteiger charge is -2.14. The molecule has 0 aromatic heterocycles. The van der Waals surface area contributed by atoms with Crippen molar-refractivity contribution in [3.63, 3.8) is 0 Å². The van der Waals surface area contributed by atoms with Gasteiger partial charge in [-0.25, -0.2) is 8.42 Å². The van der Waals surface area contributed by atoms with Crippen molar-refractivity contribution in [3.8, 4) is 0 Å².